The molecule has 2 aromatic rings. The maximum atomic E-state index is 13.3. The lowest BCUT2D eigenvalue weighted by molar-refractivity contribution is -0.131. The standard InChI is InChI=1S/C23H29N3O3S/c1-14(2)7-10-25-15(3)12-17(16(25)4)19(27)13-26-21(28)23(24-22(26)29)9-5-6-20-18(23)8-11-30-20/h8,11-12,14H,5-7,9-10,13H2,1-4H3,(H,24,29). The van der Waals surface area contributed by atoms with Crippen molar-refractivity contribution >= 4 is 29.1 Å². The van der Waals surface area contributed by atoms with Gasteiger partial charge in [-0.25, -0.2) is 4.79 Å². The molecule has 1 fully saturated rings. The molecule has 2 aromatic heterocycles. The van der Waals surface area contributed by atoms with E-state index in [2.05, 4.69) is 23.7 Å². The third kappa shape index (κ3) is 3.29. The highest BCUT2D eigenvalue weighted by Gasteiger charge is 2.54. The molecule has 0 aromatic carbocycles. The van der Waals surface area contributed by atoms with Gasteiger partial charge in [0.1, 0.15) is 5.54 Å². The lowest BCUT2D eigenvalue weighted by Gasteiger charge is -2.31. The first-order chi connectivity index (χ1) is 14.2. The number of hydrogen-bond acceptors (Lipinski definition) is 4. The maximum Gasteiger partial charge on any atom is 0.325 e. The Morgan fingerprint density at radius 1 is 1.30 bits per heavy atom. The van der Waals surface area contributed by atoms with Crippen molar-refractivity contribution < 1.29 is 14.4 Å². The van der Waals surface area contributed by atoms with Crippen molar-refractivity contribution in [1.29, 1.82) is 0 Å². The van der Waals surface area contributed by atoms with Crippen LogP contribution in [0.25, 0.3) is 0 Å². The van der Waals surface area contributed by atoms with Gasteiger partial charge in [0.05, 0.1) is 6.54 Å². The van der Waals surface area contributed by atoms with Crippen LogP contribution in [0.4, 0.5) is 4.79 Å². The SMILES string of the molecule is Cc1cc(C(=O)CN2C(=O)NC3(CCCc4sccc43)C2=O)c(C)n1CCC(C)C. The van der Waals surface area contributed by atoms with Crippen LogP contribution < -0.4 is 5.32 Å². The van der Waals surface area contributed by atoms with E-state index in [1.165, 1.54) is 0 Å². The van der Waals surface area contributed by atoms with Crippen LogP contribution in [-0.4, -0.2) is 33.7 Å². The van der Waals surface area contributed by atoms with Gasteiger partial charge in [0.25, 0.3) is 5.91 Å². The molecule has 1 saturated heterocycles. The molecule has 1 atom stereocenters. The molecule has 7 heteroatoms. The number of nitrogens with zero attached hydrogens (tertiary/aromatic N) is 2. The van der Waals surface area contributed by atoms with E-state index in [-0.39, 0.29) is 18.2 Å². The fourth-order valence-corrected chi connectivity index (χ4v) is 5.73. The van der Waals surface area contributed by atoms with Gasteiger partial charge in [-0.15, -0.1) is 11.3 Å². The van der Waals surface area contributed by atoms with Crippen molar-refractivity contribution in [2.45, 2.75) is 65.5 Å². The quantitative estimate of drug-likeness (QED) is 0.555. The highest BCUT2D eigenvalue weighted by Crippen LogP contribution is 2.42. The Balaban J connectivity index is 1.56. The summed E-state index contributed by atoms with van der Waals surface area (Å²) in [7, 11) is 0. The van der Waals surface area contributed by atoms with Crippen molar-refractivity contribution in [3.8, 4) is 0 Å². The lowest BCUT2D eigenvalue weighted by atomic mass is 9.80. The first-order valence-corrected chi connectivity index (χ1v) is 11.5. The fraction of sp³-hybridized carbons (Fsp3) is 0.522. The Bertz CT molecular complexity index is 1020. The average molecular weight is 428 g/mol. The second-order valence-corrected chi connectivity index (χ2v) is 9.88. The molecule has 1 N–H and O–H groups in total. The molecular formula is C23H29N3O3S. The van der Waals surface area contributed by atoms with E-state index in [0.29, 0.717) is 17.9 Å². The predicted molar refractivity (Wildman–Crippen MR) is 117 cm³/mol. The van der Waals surface area contributed by atoms with Crippen LogP contribution in [0.5, 0.6) is 0 Å². The molecule has 0 bridgehead atoms. The number of carbonyl (C=O) groups excluding carboxylic acids is 3. The molecule has 6 nitrogen and oxygen atoms in total. The van der Waals surface area contributed by atoms with Crippen LogP contribution >= 0.6 is 11.3 Å². The van der Waals surface area contributed by atoms with Crippen LogP contribution in [0, 0.1) is 19.8 Å². The number of amides is 3. The molecule has 30 heavy (non-hydrogen) atoms. The Hall–Kier alpha value is -2.41. The van der Waals surface area contributed by atoms with Crippen molar-refractivity contribution in [2.75, 3.05) is 6.54 Å². The summed E-state index contributed by atoms with van der Waals surface area (Å²) in [5.41, 5.74) is 2.42. The zero-order chi connectivity index (χ0) is 21.6. The van der Waals surface area contributed by atoms with E-state index < -0.39 is 11.6 Å². The Labute approximate surface area is 181 Å². The molecule has 3 amide bonds. The van der Waals surface area contributed by atoms with Gasteiger partial charge in [-0.3, -0.25) is 14.5 Å². The summed E-state index contributed by atoms with van der Waals surface area (Å²) in [5.74, 6) is 0.0829. The number of fused-ring (bicyclic) bond motifs is 2. The van der Waals surface area contributed by atoms with E-state index >= 15 is 0 Å². The number of rotatable bonds is 6. The Kier molecular flexibility index (Phi) is 5.34. The summed E-state index contributed by atoms with van der Waals surface area (Å²) >= 11 is 1.62. The average Bonchev–Trinajstić information content (AvgIpc) is 3.34. The summed E-state index contributed by atoms with van der Waals surface area (Å²) in [6.07, 6.45) is 3.38. The van der Waals surface area contributed by atoms with Gasteiger partial charge in [0.15, 0.2) is 5.78 Å². The summed E-state index contributed by atoms with van der Waals surface area (Å²) in [5, 5.41) is 4.89. The maximum absolute atomic E-state index is 13.3. The molecule has 0 radical (unpaired) electrons. The minimum absolute atomic E-state index is 0.194. The van der Waals surface area contributed by atoms with Crippen LogP contribution in [0.2, 0.25) is 0 Å². The number of urea groups is 1. The van der Waals surface area contributed by atoms with E-state index in [0.717, 1.165) is 52.5 Å². The first-order valence-electron chi connectivity index (χ1n) is 10.7. The van der Waals surface area contributed by atoms with E-state index in [4.69, 9.17) is 0 Å². The zero-order valence-electron chi connectivity index (χ0n) is 18.1. The summed E-state index contributed by atoms with van der Waals surface area (Å²) < 4.78 is 2.15. The van der Waals surface area contributed by atoms with Gasteiger partial charge >= 0.3 is 6.03 Å². The molecule has 0 saturated carbocycles. The Morgan fingerprint density at radius 3 is 2.80 bits per heavy atom. The normalized spacial score (nSPS) is 20.9. The van der Waals surface area contributed by atoms with Gasteiger partial charge in [-0.1, -0.05) is 13.8 Å². The summed E-state index contributed by atoms with van der Waals surface area (Å²) in [6.45, 7) is 8.92. The topological polar surface area (TPSA) is 71.4 Å². The first kappa shape index (κ1) is 20.8. The molecule has 3 heterocycles. The van der Waals surface area contributed by atoms with Gasteiger partial charge in [0, 0.05) is 33.9 Å². The number of imide groups is 1. The van der Waals surface area contributed by atoms with Crippen molar-refractivity contribution in [3.63, 3.8) is 0 Å². The monoisotopic (exact) mass is 427 g/mol. The second kappa shape index (κ2) is 7.69. The summed E-state index contributed by atoms with van der Waals surface area (Å²) in [6, 6.07) is 3.34. The smallest absolute Gasteiger partial charge is 0.325 e. The Morgan fingerprint density at radius 2 is 2.07 bits per heavy atom. The van der Waals surface area contributed by atoms with Gasteiger partial charge in [-0.05, 0) is 63.0 Å². The van der Waals surface area contributed by atoms with E-state index in [9.17, 15) is 14.4 Å². The molecule has 1 aliphatic heterocycles. The molecule has 160 valence electrons. The number of carbonyl (C=O) groups is 3. The number of aryl methyl sites for hydroxylation is 2. The van der Waals surface area contributed by atoms with Crippen molar-refractivity contribution in [3.05, 3.63) is 44.9 Å². The molecule has 2 aliphatic rings. The van der Waals surface area contributed by atoms with Gasteiger partial charge in [-0.2, -0.15) is 0 Å². The molecule has 1 unspecified atom stereocenters. The third-order valence-electron chi connectivity index (χ3n) is 6.44. The highest BCUT2D eigenvalue weighted by atomic mass is 32.1. The second-order valence-electron chi connectivity index (χ2n) is 8.88. The number of hydrogen-bond donors (Lipinski definition) is 1. The predicted octanol–water partition coefficient (Wildman–Crippen LogP) is 4.18. The molecule has 1 aliphatic carbocycles. The molecular weight excluding hydrogens is 398 g/mol. The lowest BCUT2D eigenvalue weighted by Crippen LogP contribution is -2.46. The minimum Gasteiger partial charge on any atom is -0.348 e. The number of ketones is 1. The highest BCUT2D eigenvalue weighted by molar-refractivity contribution is 7.10. The van der Waals surface area contributed by atoms with Crippen LogP contribution in [0.1, 0.15) is 65.3 Å². The van der Waals surface area contributed by atoms with Crippen LogP contribution in [0.3, 0.4) is 0 Å². The van der Waals surface area contributed by atoms with Crippen LogP contribution in [0.15, 0.2) is 17.5 Å². The third-order valence-corrected chi connectivity index (χ3v) is 7.42. The summed E-state index contributed by atoms with van der Waals surface area (Å²) in [4.78, 5) is 41.4. The molecule has 1 spiro atoms. The van der Waals surface area contributed by atoms with Crippen molar-refractivity contribution in [1.82, 2.24) is 14.8 Å². The van der Waals surface area contributed by atoms with Gasteiger partial charge < -0.3 is 9.88 Å². The van der Waals surface area contributed by atoms with Crippen LogP contribution in [-0.2, 0) is 23.3 Å². The number of Topliss-reactive ketones (excluding diaryl/α,β-unsaturated/α-hetero) is 1. The number of aromatic nitrogens is 1. The van der Waals surface area contributed by atoms with Crippen molar-refractivity contribution in [2.24, 2.45) is 5.92 Å². The van der Waals surface area contributed by atoms with Gasteiger partial charge in [0.2, 0.25) is 0 Å². The van der Waals surface area contributed by atoms with E-state index in [1.54, 1.807) is 11.3 Å². The zero-order valence-corrected chi connectivity index (χ0v) is 18.9. The van der Waals surface area contributed by atoms with E-state index in [1.807, 2.05) is 31.4 Å². The largest absolute Gasteiger partial charge is 0.348 e. The molecule has 4 rings (SSSR count). The minimum atomic E-state index is -1.00. The number of nitrogens with one attached hydrogen (secondary N) is 1. The fourth-order valence-electron chi connectivity index (χ4n) is 4.73. The number of thiophene rings is 1.